The maximum atomic E-state index is 15.8. The molecule has 46 heavy (non-hydrogen) atoms. The molecule has 8 nitrogen and oxygen atoms in total. The summed E-state index contributed by atoms with van der Waals surface area (Å²) in [4.78, 5) is 27.3. The smallest absolute Gasteiger partial charge is 0.417 e. The van der Waals surface area contributed by atoms with Crippen LogP contribution >= 0.6 is 15.9 Å². The average Bonchev–Trinajstić information content (AvgIpc) is 3.69. The average molecular weight is 723 g/mol. The fraction of sp³-hybridized carbons (Fsp3) is 0.710. The molecule has 0 spiro atoms. The summed E-state index contributed by atoms with van der Waals surface area (Å²) < 4.78 is 97.7. The van der Waals surface area contributed by atoms with Crippen LogP contribution < -0.4 is 9.64 Å². The van der Waals surface area contributed by atoms with Gasteiger partial charge in [-0.2, -0.15) is 23.1 Å². The Hall–Kier alpha value is -2.55. The zero-order valence-electron chi connectivity index (χ0n) is 26.1. The van der Waals surface area contributed by atoms with Crippen molar-refractivity contribution in [2.75, 3.05) is 31.1 Å². The summed E-state index contributed by atoms with van der Waals surface area (Å²) in [5.74, 6) is -1.17. The van der Waals surface area contributed by atoms with Crippen LogP contribution in [0.5, 0.6) is 6.01 Å². The van der Waals surface area contributed by atoms with E-state index < -0.39 is 63.7 Å². The largest absolute Gasteiger partial charge is 0.461 e. The number of amides is 1. The maximum Gasteiger partial charge on any atom is 0.417 e. The lowest BCUT2D eigenvalue weighted by Crippen LogP contribution is -2.51. The molecule has 2 bridgehead atoms. The van der Waals surface area contributed by atoms with Gasteiger partial charge in [-0.3, -0.25) is 4.90 Å². The SMILES string of the molecule is CC(F)CN(C(=O)OC(C)(C)C)C1C[C@H]2CC[C@@H]1N2c1nc(OC[C@@]23CCCN2C[C@H](F)C3)nc2c(F)c(Br)c(C(F)(F)F)cc12. The summed E-state index contributed by atoms with van der Waals surface area (Å²) in [6.45, 7) is 7.28. The lowest BCUT2D eigenvalue weighted by molar-refractivity contribution is -0.138. The van der Waals surface area contributed by atoms with Gasteiger partial charge in [0.05, 0.1) is 34.2 Å². The molecular weight excluding hydrogens is 684 g/mol. The third kappa shape index (κ3) is 6.10. The van der Waals surface area contributed by atoms with E-state index in [4.69, 9.17) is 9.47 Å². The molecule has 4 fully saturated rings. The Kier molecular flexibility index (Phi) is 8.59. The zero-order valence-corrected chi connectivity index (χ0v) is 27.7. The summed E-state index contributed by atoms with van der Waals surface area (Å²) in [7, 11) is 0. The number of halogens is 7. The van der Waals surface area contributed by atoms with Crippen molar-refractivity contribution in [2.45, 2.75) is 114 Å². The van der Waals surface area contributed by atoms with Crippen LogP contribution in [0.15, 0.2) is 10.5 Å². The number of rotatable bonds is 7. The van der Waals surface area contributed by atoms with Crippen LogP contribution in [0.25, 0.3) is 10.9 Å². The zero-order chi connectivity index (χ0) is 33.3. The normalized spacial score (nSPS) is 28.6. The minimum Gasteiger partial charge on any atom is -0.461 e. The highest BCUT2D eigenvalue weighted by Gasteiger charge is 2.52. The number of hydrogen-bond donors (Lipinski definition) is 0. The molecule has 0 radical (unpaired) electrons. The molecule has 5 heterocycles. The Bertz CT molecular complexity index is 1510. The monoisotopic (exact) mass is 721 g/mol. The highest BCUT2D eigenvalue weighted by Crippen LogP contribution is 2.48. The van der Waals surface area contributed by atoms with Gasteiger partial charge < -0.3 is 19.3 Å². The molecule has 1 aromatic carbocycles. The fourth-order valence-electron chi connectivity index (χ4n) is 7.84. The van der Waals surface area contributed by atoms with Crippen molar-refractivity contribution >= 4 is 38.7 Å². The predicted molar refractivity (Wildman–Crippen MR) is 162 cm³/mol. The molecule has 4 aliphatic heterocycles. The van der Waals surface area contributed by atoms with Gasteiger partial charge in [-0.05, 0) is 88.3 Å². The first-order valence-corrected chi connectivity index (χ1v) is 16.5. The topological polar surface area (TPSA) is 71.0 Å². The van der Waals surface area contributed by atoms with Gasteiger partial charge in [0.2, 0.25) is 0 Å². The number of ether oxygens (including phenoxy) is 2. The van der Waals surface area contributed by atoms with Gasteiger partial charge in [-0.25, -0.2) is 18.0 Å². The molecule has 4 aliphatic rings. The molecule has 1 amide bonds. The van der Waals surface area contributed by atoms with E-state index >= 15 is 4.39 Å². The lowest BCUT2D eigenvalue weighted by atomic mass is 9.94. The van der Waals surface area contributed by atoms with Crippen LogP contribution in [0.3, 0.4) is 0 Å². The quantitative estimate of drug-likeness (QED) is 0.280. The Morgan fingerprint density at radius 1 is 1.24 bits per heavy atom. The molecule has 6 rings (SSSR count). The van der Waals surface area contributed by atoms with E-state index in [1.54, 1.807) is 20.8 Å². The van der Waals surface area contributed by atoms with Crippen molar-refractivity contribution in [3.8, 4) is 6.01 Å². The molecule has 2 aromatic rings. The first kappa shape index (κ1) is 33.4. The summed E-state index contributed by atoms with van der Waals surface area (Å²) in [5.41, 5.74) is -2.98. The van der Waals surface area contributed by atoms with Gasteiger partial charge in [-0.15, -0.1) is 0 Å². The number of carbonyl (C=O) groups excluding carboxylic acids is 1. The second kappa shape index (κ2) is 11.9. The molecule has 0 saturated carbocycles. The van der Waals surface area contributed by atoms with Crippen molar-refractivity contribution in [1.29, 1.82) is 0 Å². The number of nitrogens with zero attached hydrogens (tertiary/aromatic N) is 5. The van der Waals surface area contributed by atoms with Crippen molar-refractivity contribution in [3.63, 3.8) is 0 Å². The maximum absolute atomic E-state index is 15.8. The van der Waals surface area contributed by atoms with Gasteiger partial charge in [0, 0.05) is 24.4 Å². The molecule has 0 N–H and O–H groups in total. The first-order chi connectivity index (χ1) is 21.5. The van der Waals surface area contributed by atoms with E-state index in [0.29, 0.717) is 32.2 Å². The lowest BCUT2D eigenvalue weighted by Gasteiger charge is -2.36. The van der Waals surface area contributed by atoms with Crippen molar-refractivity contribution in [1.82, 2.24) is 19.8 Å². The Labute approximate surface area is 271 Å². The van der Waals surface area contributed by atoms with E-state index in [9.17, 15) is 26.7 Å². The van der Waals surface area contributed by atoms with Crippen LogP contribution in [0.4, 0.5) is 37.0 Å². The number of fused-ring (bicyclic) bond motifs is 4. The number of benzene rings is 1. The van der Waals surface area contributed by atoms with Crippen molar-refractivity contribution < 1.29 is 40.6 Å². The molecular formula is C31H38BrF6N5O3. The highest BCUT2D eigenvalue weighted by molar-refractivity contribution is 9.10. The van der Waals surface area contributed by atoms with Gasteiger partial charge in [-0.1, -0.05) is 0 Å². The Balaban J connectivity index is 1.42. The number of aromatic nitrogens is 2. The number of alkyl halides is 5. The molecule has 2 unspecified atom stereocenters. The summed E-state index contributed by atoms with van der Waals surface area (Å²) in [5, 5.41) is -0.161. The standard InChI is InChI=1S/C31H38BrF6N5O3/c1-16(33)13-42(28(44)46-29(2,3)4)22-10-18-6-7-21(22)43(18)26-19-11-20(31(36,37)38)23(32)24(35)25(19)39-27(40-26)45-15-30-8-5-9-41(30)14-17(34)12-30/h11,16-18,21-22H,5-10,12-15H2,1-4H3/t16?,17-,18-,21+,22?,30+/m1/s1. The van der Waals surface area contributed by atoms with Crippen LogP contribution in [0.1, 0.15) is 71.8 Å². The third-order valence-electron chi connectivity index (χ3n) is 9.59. The fourth-order valence-corrected chi connectivity index (χ4v) is 8.37. The van der Waals surface area contributed by atoms with E-state index in [0.717, 1.165) is 19.0 Å². The minimum atomic E-state index is -4.88. The van der Waals surface area contributed by atoms with Crippen LogP contribution in [0, 0.1) is 5.82 Å². The number of hydrogen-bond acceptors (Lipinski definition) is 7. The molecule has 4 saturated heterocycles. The Morgan fingerprint density at radius 3 is 2.65 bits per heavy atom. The highest BCUT2D eigenvalue weighted by atomic mass is 79.9. The van der Waals surface area contributed by atoms with E-state index in [1.165, 1.54) is 11.8 Å². The summed E-state index contributed by atoms with van der Waals surface area (Å²) in [6, 6.07) is -0.691. The van der Waals surface area contributed by atoms with Gasteiger partial charge in [0.15, 0.2) is 5.82 Å². The summed E-state index contributed by atoms with van der Waals surface area (Å²) in [6.07, 6.45) is -4.54. The molecule has 254 valence electrons. The van der Waals surface area contributed by atoms with Gasteiger partial charge >= 0.3 is 18.3 Å². The van der Waals surface area contributed by atoms with E-state index in [2.05, 4.69) is 25.9 Å². The number of carbonyl (C=O) groups is 1. The van der Waals surface area contributed by atoms with Crippen LogP contribution in [-0.4, -0.2) is 93.7 Å². The summed E-state index contributed by atoms with van der Waals surface area (Å²) >= 11 is 2.78. The van der Waals surface area contributed by atoms with Gasteiger partial charge in [0.1, 0.15) is 35.9 Å². The van der Waals surface area contributed by atoms with E-state index in [-0.39, 0.29) is 48.3 Å². The first-order valence-electron chi connectivity index (χ1n) is 15.7. The predicted octanol–water partition coefficient (Wildman–Crippen LogP) is 7.21. The van der Waals surface area contributed by atoms with Crippen molar-refractivity contribution in [2.24, 2.45) is 0 Å². The molecule has 15 heteroatoms. The molecule has 1 aromatic heterocycles. The van der Waals surface area contributed by atoms with E-state index in [1.807, 2.05) is 9.80 Å². The van der Waals surface area contributed by atoms with Crippen LogP contribution in [-0.2, 0) is 10.9 Å². The van der Waals surface area contributed by atoms with Gasteiger partial charge in [0.25, 0.3) is 0 Å². The van der Waals surface area contributed by atoms with Crippen molar-refractivity contribution in [3.05, 3.63) is 21.9 Å². The third-order valence-corrected chi connectivity index (χ3v) is 10.4. The second-order valence-electron chi connectivity index (χ2n) is 14.1. The minimum absolute atomic E-state index is 0.0398. The second-order valence-corrected chi connectivity index (χ2v) is 14.9. The number of anilines is 1. The Morgan fingerprint density at radius 2 is 1.98 bits per heavy atom. The molecule has 6 atom stereocenters. The van der Waals surface area contributed by atoms with Crippen LogP contribution in [0.2, 0.25) is 0 Å². The molecule has 0 aliphatic carbocycles.